The number of rotatable bonds is 4. The molecule has 1 aliphatic heterocycles. The molecule has 0 spiro atoms. The Morgan fingerprint density at radius 1 is 1.32 bits per heavy atom. The summed E-state index contributed by atoms with van der Waals surface area (Å²) in [5.74, 6) is 1.34. The SMILES string of the molecule is Cc1cc(OC2CN(C(=O)c3cc(-c4cccnc4)on3)C2)n2ncnc2n1. The van der Waals surface area contributed by atoms with E-state index in [4.69, 9.17) is 9.26 Å². The number of amides is 1. The lowest BCUT2D eigenvalue weighted by Gasteiger charge is -2.38. The molecule has 10 nitrogen and oxygen atoms in total. The van der Waals surface area contributed by atoms with Crippen molar-refractivity contribution in [2.24, 2.45) is 0 Å². The molecule has 0 saturated carbocycles. The van der Waals surface area contributed by atoms with E-state index >= 15 is 0 Å². The smallest absolute Gasteiger partial charge is 0.276 e. The Hall–Kier alpha value is -3.82. The lowest BCUT2D eigenvalue weighted by atomic mass is 10.1. The largest absolute Gasteiger partial charge is 0.470 e. The van der Waals surface area contributed by atoms with E-state index < -0.39 is 0 Å². The Labute approximate surface area is 158 Å². The van der Waals surface area contributed by atoms with Crippen LogP contribution in [0.3, 0.4) is 0 Å². The van der Waals surface area contributed by atoms with E-state index in [1.54, 1.807) is 35.5 Å². The lowest BCUT2D eigenvalue weighted by Crippen LogP contribution is -2.56. The van der Waals surface area contributed by atoms with Gasteiger partial charge < -0.3 is 14.2 Å². The van der Waals surface area contributed by atoms with Crippen LogP contribution >= 0.6 is 0 Å². The van der Waals surface area contributed by atoms with Gasteiger partial charge in [-0.1, -0.05) is 5.16 Å². The number of likely N-dealkylation sites (tertiary alicyclic amines) is 1. The van der Waals surface area contributed by atoms with E-state index in [2.05, 4.69) is 25.2 Å². The van der Waals surface area contributed by atoms with Crippen molar-refractivity contribution in [1.29, 1.82) is 0 Å². The zero-order chi connectivity index (χ0) is 19.1. The van der Waals surface area contributed by atoms with E-state index in [-0.39, 0.29) is 17.7 Å². The first-order chi connectivity index (χ1) is 13.7. The zero-order valence-electron chi connectivity index (χ0n) is 14.9. The minimum atomic E-state index is -0.199. The molecule has 4 aromatic rings. The maximum atomic E-state index is 12.6. The summed E-state index contributed by atoms with van der Waals surface area (Å²) in [4.78, 5) is 26.6. The van der Waals surface area contributed by atoms with E-state index in [1.165, 1.54) is 10.8 Å². The van der Waals surface area contributed by atoms with E-state index in [1.807, 2.05) is 13.0 Å². The van der Waals surface area contributed by atoms with Crippen molar-refractivity contribution in [3.8, 4) is 17.2 Å². The number of hydrogen-bond donors (Lipinski definition) is 0. The van der Waals surface area contributed by atoms with Crippen molar-refractivity contribution in [1.82, 2.24) is 34.6 Å². The van der Waals surface area contributed by atoms with Crippen molar-refractivity contribution >= 4 is 11.7 Å². The molecule has 0 bridgehead atoms. The van der Waals surface area contributed by atoms with E-state index in [0.29, 0.717) is 30.5 Å². The first kappa shape index (κ1) is 16.4. The molecule has 0 unspecified atom stereocenters. The monoisotopic (exact) mass is 377 g/mol. The maximum absolute atomic E-state index is 12.6. The number of ether oxygens (including phenoxy) is 1. The molecule has 0 radical (unpaired) electrons. The molecule has 1 fully saturated rings. The van der Waals surface area contributed by atoms with Gasteiger partial charge in [0.05, 0.1) is 13.1 Å². The molecular weight excluding hydrogens is 362 g/mol. The van der Waals surface area contributed by atoms with Crippen molar-refractivity contribution in [3.05, 3.63) is 54.4 Å². The average Bonchev–Trinajstić information content (AvgIpc) is 3.34. The zero-order valence-corrected chi connectivity index (χ0v) is 14.9. The summed E-state index contributed by atoms with van der Waals surface area (Å²) in [5, 5.41) is 8.00. The molecule has 0 aliphatic carbocycles. The fourth-order valence-corrected chi connectivity index (χ4v) is 3.01. The van der Waals surface area contributed by atoms with Gasteiger partial charge in [0, 0.05) is 35.8 Å². The van der Waals surface area contributed by atoms with Gasteiger partial charge in [0.1, 0.15) is 12.4 Å². The number of carbonyl (C=O) groups excluding carboxylic acids is 1. The molecule has 5 rings (SSSR count). The molecular formula is C18H15N7O3. The minimum Gasteiger partial charge on any atom is -0.470 e. The minimum absolute atomic E-state index is 0.136. The van der Waals surface area contributed by atoms with Crippen LogP contribution in [0.1, 0.15) is 16.2 Å². The highest BCUT2D eigenvalue weighted by Crippen LogP contribution is 2.23. The Morgan fingerprint density at radius 3 is 3.04 bits per heavy atom. The van der Waals surface area contributed by atoms with Gasteiger partial charge in [0.2, 0.25) is 5.88 Å². The van der Waals surface area contributed by atoms with Gasteiger partial charge in [-0.2, -0.15) is 14.6 Å². The van der Waals surface area contributed by atoms with Crippen LogP contribution in [-0.4, -0.2) is 59.7 Å². The summed E-state index contributed by atoms with van der Waals surface area (Å²) in [7, 11) is 0. The van der Waals surface area contributed by atoms with Gasteiger partial charge >= 0.3 is 0 Å². The van der Waals surface area contributed by atoms with Crippen LogP contribution in [0.2, 0.25) is 0 Å². The summed E-state index contributed by atoms with van der Waals surface area (Å²) in [6.45, 7) is 2.76. The van der Waals surface area contributed by atoms with Crippen molar-refractivity contribution in [2.75, 3.05) is 13.1 Å². The number of hydrogen-bond acceptors (Lipinski definition) is 8. The van der Waals surface area contributed by atoms with Gasteiger partial charge in [-0.25, -0.2) is 4.98 Å². The van der Waals surface area contributed by atoms with E-state index in [9.17, 15) is 4.79 Å². The summed E-state index contributed by atoms with van der Waals surface area (Å²) in [6.07, 6.45) is 4.62. The van der Waals surface area contributed by atoms with Gasteiger partial charge in [0.25, 0.3) is 11.7 Å². The Morgan fingerprint density at radius 2 is 2.21 bits per heavy atom. The van der Waals surface area contributed by atoms with Crippen molar-refractivity contribution < 1.29 is 14.1 Å². The van der Waals surface area contributed by atoms with Crippen LogP contribution in [-0.2, 0) is 0 Å². The summed E-state index contributed by atoms with van der Waals surface area (Å²) in [6, 6.07) is 7.06. The normalized spacial score (nSPS) is 14.2. The topological polar surface area (TPSA) is 112 Å². The third kappa shape index (κ3) is 2.84. The number of carbonyl (C=O) groups is 1. The number of fused-ring (bicyclic) bond motifs is 1. The molecule has 140 valence electrons. The number of pyridine rings is 1. The van der Waals surface area contributed by atoms with Crippen LogP contribution in [0, 0.1) is 6.92 Å². The summed E-state index contributed by atoms with van der Waals surface area (Å²) < 4.78 is 12.8. The third-order valence-electron chi connectivity index (χ3n) is 4.45. The van der Waals surface area contributed by atoms with Crippen LogP contribution in [0.5, 0.6) is 5.88 Å². The number of aromatic nitrogens is 6. The van der Waals surface area contributed by atoms with Gasteiger partial charge in [-0.3, -0.25) is 9.78 Å². The Balaban J connectivity index is 1.25. The molecule has 5 heterocycles. The second kappa shape index (κ2) is 6.41. The lowest BCUT2D eigenvalue weighted by molar-refractivity contribution is 0.0143. The Bertz CT molecular complexity index is 1150. The number of nitrogens with zero attached hydrogens (tertiary/aromatic N) is 7. The van der Waals surface area contributed by atoms with Gasteiger partial charge in [-0.15, -0.1) is 0 Å². The summed E-state index contributed by atoms with van der Waals surface area (Å²) in [5.41, 5.74) is 1.81. The first-order valence-electron chi connectivity index (χ1n) is 8.68. The standard InChI is InChI=1S/C18H15N7O3/c1-11-5-16(25-18(22-11)20-10-21-25)27-13-8-24(9-13)17(26)14-6-15(28-23-14)12-3-2-4-19-7-12/h2-7,10,13H,8-9H2,1H3. The highest BCUT2D eigenvalue weighted by molar-refractivity contribution is 5.93. The van der Waals surface area contributed by atoms with Gasteiger partial charge in [-0.05, 0) is 19.1 Å². The van der Waals surface area contributed by atoms with Gasteiger partial charge in [0.15, 0.2) is 11.5 Å². The fraction of sp³-hybridized carbons (Fsp3) is 0.222. The fourth-order valence-electron chi connectivity index (χ4n) is 3.01. The molecule has 1 saturated heterocycles. The van der Waals surface area contributed by atoms with Crippen LogP contribution < -0.4 is 4.74 Å². The molecule has 1 amide bonds. The quantitative estimate of drug-likeness (QED) is 0.524. The van der Waals surface area contributed by atoms with Crippen LogP contribution in [0.25, 0.3) is 17.1 Å². The summed E-state index contributed by atoms with van der Waals surface area (Å²) >= 11 is 0. The van der Waals surface area contributed by atoms with E-state index in [0.717, 1.165) is 11.3 Å². The van der Waals surface area contributed by atoms with Crippen LogP contribution in [0.15, 0.2) is 47.5 Å². The van der Waals surface area contributed by atoms with Crippen molar-refractivity contribution in [2.45, 2.75) is 13.0 Å². The predicted octanol–water partition coefficient (Wildman–Crippen LogP) is 1.39. The Kier molecular flexibility index (Phi) is 3.75. The molecule has 0 atom stereocenters. The highest BCUT2D eigenvalue weighted by Gasteiger charge is 2.35. The molecule has 4 aromatic heterocycles. The predicted molar refractivity (Wildman–Crippen MR) is 95.6 cm³/mol. The first-order valence-corrected chi connectivity index (χ1v) is 8.68. The van der Waals surface area contributed by atoms with Crippen molar-refractivity contribution in [3.63, 3.8) is 0 Å². The molecule has 0 N–H and O–H groups in total. The average molecular weight is 377 g/mol. The maximum Gasteiger partial charge on any atom is 0.276 e. The highest BCUT2D eigenvalue weighted by atomic mass is 16.5. The second-order valence-electron chi connectivity index (χ2n) is 6.48. The third-order valence-corrected chi connectivity index (χ3v) is 4.45. The van der Waals surface area contributed by atoms with Crippen LogP contribution in [0.4, 0.5) is 0 Å². The molecule has 1 aliphatic rings. The molecule has 28 heavy (non-hydrogen) atoms. The molecule has 10 heteroatoms. The molecule has 0 aromatic carbocycles. The second-order valence-corrected chi connectivity index (χ2v) is 6.48. The number of aryl methyl sites for hydroxylation is 1.